The predicted molar refractivity (Wildman–Crippen MR) is 144 cm³/mol. The van der Waals surface area contributed by atoms with Crippen molar-refractivity contribution in [2.75, 3.05) is 17.3 Å². The molecule has 0 saturated heterocycles. The van der Waals surface area contributed by atoms with Gasteiger partial charge in [0, 0.05) is 36.9 Å². The Morgan fingerprint density at radius 1 is 1.03 bits per heavy atom. The molecule has 0 amide bonds. The number of H-pyrrole nitrogens is 1. The fraction of sp³-hybridized carbons (Fsp3) is 0.0769. The first-order chi connectivity index (χ1) is 17.4. The quantitative estimate of drug-likeness (QED) is 0.284. The lowest BCUT2D eigenvalue weighted by molar-refractivity contribution is 0.859. The van der Waals surface area contributed by atoms with Crippen LogP contribution in [0.3, 0.4) is 0 Å². The molecule has 0 unspecified atom stereocenters. The normalized spacial score (nSPS) is 11.0. The van der Waals surface area contributed by atoms with E-state index in [1.165, 1.54) is 6.20 Å². The van der Waals surface area contributed by atoms with E-state index in [1.54, 1.807) is 30.5 Å². The predicted octanol–water partition coefficient (Wildman–Crippen LogP) is 5.28. The molecule has 0 aliphatic rings. The van der Waals surface area contributed by atoms with Gasteiger partial charge in [0.05, 0.1) is 38.9 Å². The number of hydrogen-bond acceptors (Lipinski definition) is 6. The summed E-state index contributed by atoms with van der Waals surface area (Å²) >= 11 is 12.5. The second-order valence-corrected chi connectivity index (χ2v) is 8.96. The van der Waals surface area contributed by atoms with Crippen LogP contribution < -0.4 is 21.4 Å². The van der Waals surface area contributed by atoms with Crippen LogP contribution in [-0.4, -0.2) is 26.6 Å². The molecule has 3 heterocycles. The molecule has 0 bridgehead atoms. The first-order valence-corrected chi connectivity index (χ1v) is 11.8. The van der Waals surface area contributed by atoms with Gasteiger partial charge in [-0.2, -0.15) is 0 Å². The van der Waals surface area contributed by atoms with Crippen LogP contribution in [0.4, 0.5) is 17.2 Å². The number of halogens is 2. The molecule has 5 rings (SSSR count). The van der Waals surface area contributed by atoms with Gasteiger partial charge >= 0.3 is 5.69 Å². The summed E-state index contributed by atoms with van der Waals surface area (Å²) in [6.07, 6.45) is 3.32. The third kappa shape index (κ3) is 4.68. The third-order valence-electron chi connectivity index (χ3n) is 5.69. The fourth-order valence-corrected chi connectivity index (χ4v) is 4.46. The van der Waals surface area contributed by atoms with Crippen molar-refractivity contribution < 1.29 is 0 Å². The van der Waals surface area contributed by atoms with Crippen molar-refractivity contribution in [1.29, 1.82) is 5.41 Å². The summed E-state index contributed by atoms with van der Waals surface area (Å²) in [5, 5.41) is 12.8. The minimum Gasteiger partial charge on any atom is -0.369 e. The van der Waals surface area contributed by atoms with E-state index in [4.69, 9.17) is 28.6 Å². The topological polar surface area (TPSA) is 103 Å². The summed E-state index contributed by atoms with van der Waals surface area (Å²) < 4.78 is 1.14. The van der Waals surface area contributed by atoms with Gasteiger partial charge in [0.15, 0.2) is 0 Å². The molecule has 36 heavy (non-hydrogen) atoms. The second kappa shape index (κ2) is 9.85. The number of anilines is 3. The average molecular weight is 518 g/mol. The minimum atomic E-state index is -0.528. The van der Waals surface area contributed by atoms with Crippen molar-refractivity contribution in [2.24, 2.45) is 0 Å². The van der Waals surface area contributed by atoms with E-state index >= 15 is 0 Å². The molecule has 8 nitrogen and oxygen atoms in total. The molecule has 3 N–H and O–H groups in total. The van der Waals surface area contributed by atoms with E-state index in [0.717, 1.165) is 21.6 Å². The third-order valence-corrected chi connectivity index (χ3v) is 6.30. The molecule has 0 fully saturated rings. The van der Waals surface area contributed by atoms with Crippen LogP contribution in [-0.2, 0) is 6.54 Å². The smallest absolute Gasteiger partial charge is 0.332 e. The summed E-state index contributed by atoms with van der Waals surface area (Å²) in [4.78, 5) is 26.6. The van der Waals surface area contributed by atoms with Gasteiger partial charge in [-0.1, -0.05) is 35.3 Å². The lowest BCUT2D eigenvalue weighted by atomic mass is 10.2. The molecule has 0 spiro atoms. The highest BCUT2D eigenvalue weighted by atomic mass is 35.5. The molecule has 5 aromatic rings. The molecule has 0 radical (unpaired) electrons. The average Bonchev–Trinajstić information content (AvgIpc) is 2.86. The first kappa shape index (κ1) is 23.6. The highest BCUT2D eigenvalue weighted by Gasteiger charge is 2.14. The standard InChI is InChI=1S/C26H21Cl2N7O/c1-34(15-17-5-2-3-12-30-17)18-10-8-16(9-11-18)32-23-13-22-19(14-31-23)25(29)35(26(36)33-22)24-20(27)6-4-7-21(24)28/h2-14,29H,15H2,1H3,(H,31,32)(H,33,36). The molecule has 3 aromatic heterocycles. The van der Waals surface area contributed by atoms with Crippen LogP contribution in [0.2, 0.25) is 10.0 Å². The Morgan fingerprint density at radius 3 is 2.47 bits per heavy atom. The Bertz CT molecular complexity index is 1640. The molecule has 0 aliphatic carbocycles. The van der Waals surface area contributed by atoms with Crippen molar-refractivity contribution >= 4 is 51.3 Å². The van der Waals surface area contributed by atoms with E-state index in [9.17, 15) is 4.79 Å². The van der Waals surface area contributed by atoms with E-state index in [1.807, 2.05) is 49.5 Å². The zero-order chi connectivity index (χ0) is 25.2. The lowest BCUT2D eigenvalue weighted by Gasteiger charge is -2.19. The Kier molecular flexibility index (Phi) is 6.45. The van der Waals surface area contributed by atoms with Gasteiger partial charge in [-0.25, -0.2) is 14.3 Å². The summed E-state index contributed by atoms with van der Waals surface area (Å²) in [5.41, 5.74) is 2.99. The largest absolute Gasteiger partial charge is 0.369 e. The molecule has 10 heteroatoms. The number of para-hydroxylation sites is 1. The van der Waals surface area contributed by atoms with Crippen molar-refractivity contribution in [3.8, 4) is 5.69 Å². The highest BCUT2D eigenvalue weighted by Crippen LogP contribution is 2.27. The van der Waals surface area contributed by atoms with Gasteiger partial charge < -0.3 is 15.2 Å². The minimum absolute atomic E-state index is 0.0666. The SMILES string of the molecule is CN(Cc1ccccn1)c1ccc(Nc2cc3[nH]c(=O)n(-c4c(Cl)cccc4Cl)c(=N)c3cn2)cc1. The number of fused-ring (bicyclic) bond motifs is 1. The zero-order valence-corrected chi connectivity index (χ0v) is 20.7. The number of pyridine rings is 2. The fourth-order valence-electron chi connectivity index (χ4n) is 3.90. The lowest BCUT2D eigenvalue weighted by Crippen LogP contribution is -2.34. The maximum Gasteiger partial charge on any atom is 0.332 e. The Balaban J connectivity index is 1.40. The highest BCUT2D eigenvalue weighted by molar-refractivity contribution is 6.37. The maximum absolute atomic E-state index is 12.9. The molecule has 0 atom stereocenters. The monoisotopic (exact) mass is 517 g/mol. The maximum atomic E-state index is 12.9. The van der Waals surface area contributed by atoms with Gasteiger partial charge in [-0.05, 0) is 48.5 Å². The van der Waals surface area contributed by atoms with E-state index in [2.05, 4.69) is 25.2 Å². The number of nitrogens with zero attached hydrogens (tertiary/aromatic N) is 4. The van der Waals surface area contributed by atoms with Crippen LogP contribution in [0, 0.1) is 5.41 Å². The van der Waals surface area contributed by atoms with Gasteiger partial charge in [-0.15, -0.1) is 0 Å². The van der Waals surface area contributed by atoms with E-state index < -0.39 is 5.69 Å². The molecular weight excluding hydrogens is 497 g/mol. The second-order valence-electron chi connectivity index (χ2n) is 8.15. The van der Waals surface area contributed by atoms with Crippen LogP contribution in [0.1, 0.15) is 5.69 Å². The van der Waals surface area contributed by atoms with Gasteiger partial charge in [0.2, 0.25) is 0 Å². The molecule has 0 saturated carbocycles. The number of aromatic nitrogens is 4. The summed E-state index contributed by atoms with van der Waals surface area (Å²) in [7, 11) is 2.01. The molecule has 2 aromatic carbocycles. The van der Waals surface area contributed by atoms with E-state index in [-0.39, 0.29) is 21.2 Å². The van der Waals surface area contributed by atoms with Crippen molar-refractivity contribution in [1.82, 2.24) is 19.5 Å². The molecule has 180 valence electrons. The summed E-state index contributed by atoms with van der Waals surface area (Å²) in [6.45, 7) is 0.696. The molecule has 0 aliphatic heterocycles. The Morgan fingerprint density at radius 2 is 1.78 bits per heavy atom. The number of hydrogen-bond donors (Lipinski definition) is 3. The number of benzene rings is 2. The molecular formula is C26H21Cl2N7O. The first-order valence-electron chi connectivity index (χ1n) is 11.0. The van der Waals surface area contributed by atoms with E-state index in [0.29, 0.717) is 23.3 Å². The van der Waals surface area contributed by atoms with Crippen molar-refractivity contribution in [3.05, 3.63) is 111 Å². The Labute approximate surface area is 216 Å². The van der Waals surface area contributed by atoms with Crippen LogP contribution in [0.25, 0.3) is 16.6 Å². The summed E-state index contributed by atoms with van der Waals surface area (Å²) in [5.74, 6) is 0.528. The van der Waals surface area contributed by atoms with Crippen molar-refractivity contribution in [2.45, 2.75) is 6.54 Å². The Hall–Kier alpha value is -4.14. The van der Waals surface area contributed by atoms with Crippen LogP contribution in [0.15, 0.2) is 83.9 Å². The van der Waals surface area contributed by atoms with Gasteiger partial charge in [0.1, 0.15) is 11.3 Å². The summed E-state index contributed by atoms with van der Waals surface area (Å²) in [6, 6.07) is 20.4. The number of rotatable bonds is 6. The van der Waals surface area contributed by atoms with Crippen molar-refractivity contribution in [3.63, 3.8) is 0 Å². The number of aromatic amines is 1. The number of nitrogens with one attached hydrogen (secondary N) is 3. The van der Waals surface area contributed by atoms with Gasteiger partial charge in [0.25, 0.3) is 0 Å². The van der Waals surface area contributed by atoms with Crippen LogP contribution in [0.5, 0.6) is 0 Å². The van der Waals surface area contributed by atoms with Gasteiger partial charge in [-0.3, -0.25) is 10.4 Å². The van der Waals surface area contributed by atoms with Crippen LogP contribution >= 0.6 is 23.2 Å². The zero-order valence-electron chi connectivity index (χ0n) is 19.2.